The number of hydrogen-bond donors (Lipinski definition) is 2. The van der Waals surface area contributed by atoms with E-state index in [0.29, 0.717) is 32.6 Å². The first-order chi connectivity index (χ1) is 10.1. The van der Waals surface area contributed by atoms with Crippen LogP contribution in [-0.4, -0.2) is 15.4 Å². The number of nitrogens with two attached hydrogens (primary N) is 1. The molecule has 8 heteroatoms. The molecular formula is C13H8Cl2N4O2. The van der Waals surface area contributed by atoms with Crippen LogP contribution in [0.4, 0.5) is 5.82 Å². The lowest BCUT2D eigenvalue weighted by atomic mass is 10.0. The molecule has 0 saturated heterocycles. The average Bonchev–Trinajstić information content (AvgIpc) is 2.82. The van der Waals surface area contributed by atoms with E-state index in [9.17, 15) is 4.79 Å². The third-order valence-corrected chi connectivity index (χ3v) is 3.38. The highest BCUT2D eigenvalue weighted by Gasteiger charge is 2.21. The number of nitrogens with zero attached hydrogens (tertiary/aromatic N) is 2. The third-order valence-electron chi connectivity index (χ3n) is 2.83. The number of anilines is 1. The van der Waals surface area contributed by atoms with Gasteiger partial charge in [0.1, 0.15) is 5.69 Å². The van der Waals surface area contributed by atoms with Gasteiger partial charge in [-0.1, -0.05) is 34.4 Å². The van der Waals surface area contributed by atoms with Gasteiger partial charge >= 0.3 is 0 Å². The molecule has 21 heavy (non-hydrogen) atoms. The van der Waals surface area contributed by atoms with E-state index < -0.39 is 0 Å². The summed E-state index contributed by atoms with van der Waals surface area (Å²) < 4.78 is 5.21. The monoisotopic (exact) mass is 322 g/mol. The van der Waals surface area contributed by atoms with Gasteiger partial charge in [-0.05, 0) is 18.2 Å². The summed E-state index contributed by atoms with van der Waals surface area (Å²) in [5, 5.41) is 10.9. The fourth-order valence-electron chi connectivity index (χ4n) is 1.90. The molecule has 0 aliphatic carbocycles. The molecule has 2 heterocycles. The van der Waals surface area contributed by atoms with E-state index in [1.54, 1.807) is 18.2 Å². The number of hydrogen-bond acceptors (Lipinski definition) is 5. The lowest BCUT2D eigenvalue weighted by Gasteiger charge is -2.05. The van der Waals surface area contributed by atoms with Crippen LogP contribution in [0.25, 0.3) is 22.6 Å². The van der Waals surface area contributed by atoms with E-state index in [4.69, 9.17) is 33.5 Å². The van der Waals surface area contributed by atoms with Crippen LogP contribution in [0.5, 0.6) is 0 Å². The third kappa shape index (κ3) is 2.51. The molecule has 3 aromatic rings. The first-order valence-electron chi connectivity index (χ1n) is 5.83. The Kier molecular flexibility index (Phi) is 3.40. The molecule has 6 nitrogen and oxygen atoms in total. The van der Waals surface area contributed by atoms with Crippen molar-refractivity contribution in [1.82, 2.24) is 15.4 Å². The molecule has 0 aliphatic heterocycles. The van der Waals surface area contributed by atoms with Crippen LogP contribution in [-0.2, 0) is 0 Å². The zero-order chi connectivity index (χ0) is 15.0. The Hall–Kier alpha value is -2.31. The lowest BCUT2D eigenvalue weighted by molar-refractivity contribution is 0.434. The zero-order valence-electron chi connectivity index (χ0n) is 10.4. The maximum absolute atomic E-state index is 11.1. The van der Waals surface area contributed by atoms with Crippen molar-refractivity contribution in [3.63, 3.8) is 0 Å². The first kappa shape index (κ1) is 13.7. The van der Waals surface area contributed by atoms with Gasteiger partial charge in [-0.25, -0.2) is 5.10 Å². The van der Waals surface area contributed by atoms with Gasteiger partial charge in [0, 0.05) is 16.7 Å². The summed E-state index contributed by atoms with van der Waals surface area (Å²) in [6.07, 6.45) is 0. The Morgan fingerprint density at radius 1 is 1.19 bits per heavy atom. The maximum atomic E-state index is 11.1. The van der Waals surface area contributed by atoms with Crippen molar-refractivity contribution in [2.45, 2.75) is 0 Å². The standard InChI is InChI=1S/C13H8Cl2N4O2/c14-6-1-2-7(8(15)5-6)11-12(21-19-13(11)16)9-3-4-10(20)18-17-9/h1-5H,(H2,16,19)(H,18,20). The number of benzene rings is 1. The summed E-state index contributed by atoms with van der Waals surface area (Å²) in [5.41, 5.74) is 7.03. The molecule has 1 aromatic carbocycles. The molecule has 2 aromatic heterocycles. The second kappa shape index (κ2) is 5.23. The zero-order valence-corrected chi connectivity index (χ0v) is 11.9. The first-order valence-corrected chi connectivity index (χ1v) is 6.58. The van der Waals surface area contributed by atoms with Gasteiger partial charge in [0.15, 0.2) is 11.6 Å². The molecule has 0 radical (unpaired) electrons. The quantitative estimate of drug-likeness (QED) is 0.755. The minimum atomic E-state index is -0.322. The maximum Gasteiger partial charge on any atom is 0.264 e. The van der Waals surface area contributed by atoms with Gasteiger partial charge in [0.05, 0.1) is 10.6 Å². The van der Waals surface area contributed by atoms with Gasteiger partial charge in [-0.2, -0.15) is 5.10 Å². The second-order valence-electron chi connectivity index (χ2n) is 4.20. The lowest BCUT2D eigenvalue weighted by Crippen LogP contribution is -2.05. The number of H-pyrrole nitrogens is 1. The van der Waals surface area contributed by atoms with Crippen LogP contribution in [0.1, 0.15) is 0 Å². The Balaban J connectivity index is 2.21. The van der Waals surface area contributed by atoms with Gasteiger partial charge < -0.3 is 10.3 Å². The number of nitrogens with one attached hydrogen (secondary N) is 1. The Morgan fingerprint density at radius 3 is 2.67 bits per heavy atom. The highest BCUT2D eigenvalue weighted by molar-refractivity contribution is 6.36. The van der Waals surface area contributed by atoms with E-state index in [-0.39, 0.29) is 11.4 Å². The van der Waals surface area contributed by atoms with E-state index in [2.05, 4.69) is 15.4 Å². The molecule has 0 aliphatic rings. The Morgan fingerprint density at radius 2 is 2.00 bits per heavy atom. The smallest absolute Gasteiger partial charge is 0.264 e. The second-order valence-corrected chi connectivity index (χ2v) is 5.05. The minimum absolute atomic E-state index is 0.169. The molecule has 0 fully saturated rings. The van der Waals surface area contributed by atoms with Crippen LogP contribution in [0.3, 0.4) is 0 Å². The average molecular weight is 323 g/mol. The van der Waals surface area contributed by atoms with Crippen molar-refractivity contribution in [2.75, 3.05) is 5.73 Å². The summed E-state index contributed by atoms with van der Waals surface area (Å²) in [7, 11) is 0. The Bertz CT molecular complexity index is 852. The van der Waals surface area contributed by atoms with Crippen LogP contribution in [0.2, 0.25) is 10.0 Å². The van der Waals surface area contributed by atoms with Gasteiger partial charge in [-0.15, -0.1) is 0 Å². The molecule has 106 valence electrons. The number of nitrogen functional groups attached to an aromatic ring is 1. The molecule has 3 N–H and O–H groups in total. The van der Waals surface area contributed by atoms with Crippen molar-refractivity contribution in [3.05, 3.63) is 50.7 Å². The molecule has 3 rings (SSSR count). The number of rotatable bonds is 2. The predicted molar refractivity (Wildman–Crippen MR) is 80.2 cm³/mol. The fraction of sp³-hybridized carbons (Fsp3) is 0. The molecule has 0 bridgehead atoms. The van der Waals surface area contributed by atoms with E-state index >= 15 is 0 Å². The summed E-state index contributed by atoms with van der Waals surface area (Å²) >= 11 is 12.1. The van der Waals surface area contributed by atoms with Crippen molar-refractivity contribution in [2.24, 2.45) is 0 Å². The van der Waals surface area contributed by atoms with Gasteiger partial charge in [0.25, 0.3) is 5.56 Å². The highest BCUT2D eigenvalue weighted by Crippen LogP contribution is 2.39. The molecule has 0 spiro atoms. The summed E-state index contributed by atoms with van der Waals surface area (Å²) in [4.78, 5) is 11.1. The highest BCUT2D eigenvalue weighted by atomic mass is 35.5. The van der Waals surface area contributed by atoms with Crippen molar-refractivity contribution in [3.8, 4) is 22.6 Å². The number of aromatic nitrogens is 3. The fourth-order valence-corrected chi connectivity index (χ4v) is 2.40. The topological polar surface area (TPSA) is 97.8 Å². The van der Waals surface area contributed by atoms with Crippen LogP contribution in [0.15, 0.2) is 39.6 Å². The van der Waals surface area contributed by atoms with E-state index in [1.807, 2.05) is 0 Å². The molecular weight excluding hydrogens is 315 g/mol. The number of aromatic amines is 1. The molecule has 0 saturated carbocycles. The minimum Gasteiger partial charge on any atom is -0.380 e. The Labute approximate surface area is 128 Å². The van der Waals surface area contributed by atoms with Crippen molar-refractivity contribution in [1.29, 1.82) is 0 Å². The summed E-state index contributed by atoms with van der Waals surface area (Å²) in [5.74, 6) is 0.482. The SMILES string of the molecule is Nc1noc(-c2ccc(=O)[nH]n2)c1-c1ccc(Cl)cc1Cl. The van der Waals surface area contributed by atoms with Crippen LogP contribution >= 0.6 is 23.2 Å². The predicted octanol–water partition coefficient (Wildman–Crippen LogP) is 2.98. The summed E-state index contributed by atoms with van der Waals surface area (Å²) in [6, 6.07) is 7.82. The number of halogens is 2. The van der Waals surface area contributed by atoms with Crippen LogP contribution < -0.4 is 11.3 Å². The molecule has 0 unspecified atom stereocenters. The van der Waals surface area contributed by atoms with E-state index in [1.165, 1.54) is 12.1 Å². The van der Waals surface area contributed by atoms with Gasteiger partial charge in [-0.3, -0.25) is 4.79 Å². The summed E-state index contributed by atoms with van der Waals surface area (Å²) in [6.45, 7) is 0. The van der Waals surface area contributed by atoms with E-state index in [0.717, 1.165) is 0 Å². The molecule has 0 atom stereocenters. The largest absolute Gasteiger partial charge is 0.380 e. The van der Waals surface area contributed by atoms with Gasteiger partial charge in [0.2, 0.25) is 0 Å². The van der Waals surface area contributed by atoms with Crippen molar-refractivity contribution < 1.29 is 4.52 Å². The molecule has 0 amide bonds. The van der Waals surface area contributed by atoms with Crippen molar-refractivity contribution >= 4 is 29.0 Å². The van der Waals surface area contributed by atoms with Crippen LogP contribution in [0, 0.1) is 0 Å². The normalized spacial score (nSPS) is 10.8.